The molecule has 0 amide bonds. The minimum Gasteiger partial charge on any atom is -0.466 e. The predicted molar refractivity (Wildman–Crippen MR) is 84.7 cm³/mol. The molecule has 2 aromatic carbocycles. The van der Waals surface area contributed by atoms with Crippen molar-refractivity contribution >= 4 is 12.0 Å². The van der Waals surface area contributed by atoms with Gasteiger partial charge in [-0.2, -0.15) is 0 Å². The molecule has 104 valence electrons. The molecule has 0 bridgehead atoms. The van der Waals surface area contributed by atoms with Crippen LogP contribution in [0.2, 0.25) is 0 Å². The molecule has 21 heavy (non-hydrogen) atoms. The van der Waals surface area contributed by atoms with Crippen LogP contribution in [0, 0.1) is 18.8 Å². The van der Waals surface area contributed by atoms with Gasteiger partial charge in [-0.3, -0.25) is 0 Å². The fraction of sp³-hybridized carbons (Fsp3) is 0.105. The molecule has 0 saturated heterocycles. The van der Waals surface area contributed by atoms with Gasteiger partial charge in [0.2, 0.25) is 0 Å². The van der Waals surface area contributed by atoms with Gasteiger partial charge in [0.15, 0.2) is 0 Å². The quantitative estimate of drug-likeness (QED) is 0.476. The first-order chi connectivity index (χ1) is 10.2. The fourth-order valence-electron chi connectivity index (χ4n) is 1.83. The molecular weight excluding hydrogens is 260 g/mol. The van der Waals surface area contributed by atoms with Gasteiger partial charge in [-0.25, -0.2) is 4.79 Å². The Bertz CT molecular complexity index is 716. The maximum atomic E-state index is 11.1. The predicted octanol–water partition coefficient (Wildman–Crippen LogP) is 3.58. The van der Waals surface area contributed by atoms with E-state index in [2.05, 4.69) is 16.6 Å². The molecule has 0 aliphatic carbocycles. The lowest BCUT2D eigenvalue weighted by molar-refractivity contribution is -0.134. The Balaban J connectivity index is 2.18. The summed E-state index contributed by atoms with van der Waals surface area (Å²) in [6, 6.07) is 15.8. The Kier molecular flexibility index (Phi) is 4.95. The number of hydrogen-bond acceptors (Lipinski definition) is 2. The lowest BCUT2D eigenvalue weighted by Crippen LogP contribution is -1.93. The van der Waals surface area contributed by atoms with Crippen LogP contribution >= 0.6 is 0 Å². The summed E-state index contributed by atoms with van der Waals surface area (Å²) in [6.45, 7) is 1.99. The van der Waals surface area contributed by atoms with E-state index < -0.39 is 0 Å². The average molecular weight is 276 g/mol. The molecule has 0 heterocycles. The van der Waals surface area contributed by atoms with Crippen molar-refractivity contribution in [1.29, 1.82) is 0 Å². The lowest BCUT2D eigenvalue weighted by Gasteiger charge is -2.01. The summed E-state index contributed by atoms with van der Waals surface area (Å²) in [4.78, 5) is 11.1. The summed E-state index contributed by atoms with van der Waals surface area (Å²) >= 11 is 0. The molecule has 0 radical (unpaired) electrons. The number of esters is 1. The number of aryl methyl sites for hydroxylation is 1. The number of benzene rings is 2. The van der Waals surface area contributed by atoms with Crippen molar-refractivity contribution in [2.24, 2.45) is 0 Å². The number of carbonyl (C=O) groups is 1. The highest BCUT2D eigenvalue weighted by molar-refractivity contribution is 5.87. The monoisotopic (exact) mass is 276 g/mol. The van der Waals surface area contributed by atoms with Crippen molar-refractivity contribution in [3.63, 3.8) is 0 Å². The molecule has 0 saturated carbocycles. The standard InChI is InChI=1S/C19H16O2/c1-15-14-17(9-8-16-6-4-3-5-7-16)10-11-18(15)12-13-19(20)21-2/h3-7,10-14H,1-2H3/b13-12+. The Hall–Kier alpha value is -2.79. The van der Waals surface area contributed by atoms with Crippen LogP contribution in [-0.2, 0) is 9.53 Å². The van der Waals surface area contributed by atoms with E-state index in [-0.39, 0.29) is 5.97 Å². The number of hydrogen-bond donors (Lipinski definition) is 0. The van der Waals surface area contributed by atoms with E-state index >= 15 is 0 Å². The van der Waals surface area contributed by atoms with Crippen molar-refractivity contribution in [2.75, 3.05) is 7.11 Å². The third-order valence-electron chi connectivity index (χ3n) is 2.99. The Morgan fingerprint density at radius 2 is 1.76 bits per heavy atom. The van der Waals surface area contributed by atoms with Gasteiger partial charge in [0.1, 0.15) is 0 Å². The van der Waals surface area contributed by atoms with E-state index in [0.29, 0.717) is 0 Å². The second kappa shape index (κ2) is 7.12. The molecule has 0 atom stereocenters. The number of ether oxygens (including phenoxy) is 1. The van der Waals surface area contributed by atoms with E-state index in [0.717, 1.165) is 22.3 Å². The third kappa shape index (κ3) is 4.36. The van der Waals surface area contributed by atoms with Crippen LogP contribution in [0.15, 0.2) is 54.6 Å². The van der Waals surface area contributed by atoms with Gasteiger partial charge >= 0.3 is 5.97 Å². The van der Waals surface area contributed by atoms with Crippen LogP contribution < -0.4 is 0 Å². The molecule has 0 fully saturated rings. The second-order valence-corrected chi connectivity index (χ2v) is 4.54. The first-order valence-electron chi connectivity index (χ1n) is 6.63. The normalized spacial score (nSPS) is 10.0. The zero-order valence-corrected chi connectivity index (χ0v) is 12.1. The maximum absolute atomic E-state index is 11.1. The van der Waals surface area contributed by atoms with Crippen LogP contribution in [0.3, 0.4) is 0 Å². The summed E-state index contributed by atoms with van der Waals surface area (Å²) in [5, 5.41) is 0. The highest BCUT2D eigenvalue weighted by Crippen LogP contribution is 2.12. The van der Waals surface area contributed by atoms with Crippen molar-refractivity contribution < 1.29 is 9.53 Å². The van der Waals surface area contributed by atoms with Crippen molar-refractivity contribution in [2.45, 2.75) is 6.92 Å². The number of rotatable bonds is 2. The molecule has 0 aliphatic rings. The Morgan fingerprint density at radius 1 is 1.05 bits per heavy atom. The van der Waals surface area contributed by atoms with Crippen LogP contribution in [-0.4, -0.2) is 13.1 Å². The number of carbonyl (C=O) groups excluding carboxylic acids is 1. The third-order valence-corrected chi connectivity index (χ3v) is 2.99. The van der Waals surface area contributed by atoms with E-state index in [1.807, 2.05) is 55.5 Å². The topological polar surface area (TPSA) is 26.3 Å². The molecule has 2 nitrogen and oxygen atoms in total. The van der Waals surface area contributed by atoms with E-state index in [4.69, 9.17) is 0 Å². The minimum atomic E-state index is -0.359. The summed E-state index contributed by atoms with van der Waals surface area (Å²) < 4.78 is 4.58. The maximum Gasteiger partial charge on any atom is 0.330 e. The lowest BCUT2D eigenvalue weighted by atomic mass is 10.0. The smallest absolute Gasteiger partial charge is 0.330 e. The molecule has 2 heteroatoms. The van der Waals surface area contributed by atoms with Gasteiger partial charge in [-0.05, 0) is 48.4 Å². The molecule has 0 aromatic heterocycles. The Labute approximate surface area is 125 Å². The molecular formula is C19H16O2. The van der Waals surface area contributed by atoms with Crippen LogP contribution in [0.1, 0.15) is 22.3 Å². The summed E-state index contributed by atoms with van der Waals surface area (Å²) in [7, 11) is 1.36. The van der Waals surface area contributed by atoms with E-state index in [1.165, 1.54) is 13.2 Å². The van der Waals surface area contributed by atoms with E-state index in [1.54, 1.807) is 6.08 Å². The summed E-state index contributed by atoms with van der Waals surface area (Å²) in [5.41, 5.74) is 3.98. The van der Waals surface area contributed by atoms with Crippen molar-refractivity contribution in [3.8, 4) is 11.8 Å². The zero-order valence-electron chi connectivity index (χ0n) is 12.1. The molecule has 2 rings (SSSR count). The minimum absolute atomic E-state index is 0.359. The summed E-state index contributed by atoms with van der Waals surface area (Å²) in [6.07, 6.45) is 3.16. The fourth-order valence-corrected chi connectivity index (χ4v) is 1.83. The van der Waals surface area contributed by atoms with Gasteiger partial charge in [0.25, 0.3) is 0 Å². The first kappa shape index (κ1) is 14.6. The molecule has 0 unspecified atom stereocenters. The summed E-state index contributed by atoms with van der Waals surface area (Å²) in [5.74, 6) is 5.91. The second-order valence-electron chi connectivity index (χ2n) is 4.54. The largest absolute Gasteiger partial charge is 0.466 e. The van der Waals surface area contributed by atoms with Crippen LogP contribution in [0.5, 0.6) is 0 Å². The van der Waals surface area contributed by atoms with Crippen LogP contribution in [0.4, 0.5) is 0 Å². The van der Waals surface area contributed by atoms with Gasteiger partial charge < -0.3 is 4.74 Å². The first-order valence-corrected chi connectivity index (χ1v) is 6.63. The molecule has 0 aliphatic heterocycles. The van der Waals surface area contributed by atoms with Gasteiger partial charge in [0, 0.05) is 17.2 Å². The zero-order chi connectivity index (χ0) is 15.1. The van der Waals surface area contributed by atoms with Crippen molar-refractivity contribution in [1.82, 2.24) is 0 Å². The highest BCUT2D eigenvalue weighted by atomic mass is 16.5. The average Bonchev–Trinajstić information content (AvgIpc) is 2.52. The molecule has 0 spiro atoms. The Morgan fingerprint density at radius 3 is 2.43 bits per heavy atom. The molecule has 0 N–H and O–H groups in total. The van der Waals surface area contributed by atoms with Crippen molar-refractivity contribution in [3.05, 3.63) is 76.9 Å². The highest BCUT2D eigenvalue weighted by Gasteiger charge is 1.97. The van der Waals surface area contributed by atoms with E-state index in [9.17, 15) is 4.79 Å². The van der Waals surface area contributed by atoms with Gasteiger partial charge in [-0.1, -0.05) is 36.1 Å². The van der Waals surface area contributed by atoms with Crippen LogP contribution in [0.25, 0.3) is 6.08 Å². The van der Waals surface area contributed by atoms with Gasteiger partial charge in [0.05, 0.1) is 7.11 Å². The SMILES string of the molecule is COC(=O)/C=C/c1ccc(C#Cc2ccccc2)cc1C. The number of methoxy groups -OCH3 is 1. The van der Waals surface area contributed by atoms with Gasteiger partial charge in [-0.15, -0.1) is 0 Å². The molecule has 2 aromatic rings.